The fourth-order valence-electron chi connectivity index (χ4n) is 4.62. The SMILES string of the molecule is COc1cc(C=Nn2c(-c3cc4cc(Br)ccc4o3)nc3ccccc3c2=O)cc([N+](=O)[O-])c1OCC(=O)Nc1ccc(Cl)cc1. The number of nitro benzene ring substituents is 1. The van der Waals surface area contributed by atoms with Gasteiger partial charge < -0.3 is 19.2 Å². The quantitative estimate of drug-likeness (QED) is 0.0957. The van der Waals surface area contributed by atoms with Gasteiger partial charge in [0.2, 0.25) is 11.6 Å². The first kappa shape index (κ1) is 30.5. The highest BCUT2D eigenvalue weighted by molar-refractivity contribution is 9.10. The van der Waals surface area contributed by atoms with Crippen LogP contribution in [0.5, 0.6) is 11.5 Å². The predicted molar refractivity (Wildman–Crippen MR) is 177 cm³/mol. The molecule has 1 N–H and O–H groups in total. The first-order valence-corrected chi connectivity index (χ1v) is 14.7. The summed E-state index contributed by atoms with van der Waals surface area (Å²) in [6.07, 6.45) is 1.26. The molecule has 0 spiro atoms. The van der Waals surface area contributed by atoms with Gasteiger partial charge in [-0.3, -0.25) is 19.7 Å². The van der Waals surface area contributed by atoms with Crippen molar-refractivity contribution in [1.29, 1.82) is 0 Å². The van der Waals surface area contributed by atoms with Crippen LogP contribution in [0.1, 0.15) is 5.56 Å². The van der Waals surface area contributed by atoms with Crippen molar-refractivity contribution in [3.05, 3.63) is 120 Å². The molecule has 4 aromatic carbocycles. The molecule has 0 saturated carbocycles. The Morgan fingerprint density at radius 1 is 1.13 bits per heavy atom. The van der Waals surface area contributed by atoms with Crippen LogP contribution in [-0.4, -0.2) is 40.4 Å². The Bertz CT molecular complexity index is 2230. The van der Waals surface area contributed by atoms with Crippen LogP contribution in [0.4, 0.5) is 11.4 Å². The number of methoxy groups -OCH3 is 1. The third kappa shape index (κ3) is 6.32. The van der Waals surface area contributed by atoms with Crippen molar-refractivity contribution in [2.24, 2.45) is 5.10 Å². The van der Waals surface area contributed by atoms with Gasteiger partial charge in [0.1, 0.15) is 5.58 Å². The number of halogens is 2. The van der Waals surface area contributed by atoms with E-state index in [0.717, 1.165) is 14.5 Å². The van der Waals surface area contributed by atoms with E-state index in [-0.39, 0.29) is 28.6 Å². The smallest absolute Gasteiger partial charge is 0.315 e. The van der Waals surface area contributed by atoms with Crippen molar-refractivity contribution >= 4 is 72.9 Å². The third-order valence-corrected chi connectivity index (χ3v) is 7.47. The maximum absolute atomic E-state index is 13.6. The molecule has 46 heavy (non-hydrogen) atoms. The highest BCUT2D eigenvalue weighted by Gasteiger charge is 2.24. The molecule has 0 aliphatic carbocycles. The molecule has 14 heteroatoms. The van der Waals surface area contributed by atoms with Crippen LogP contribution in [0.2, 0.25) is 5.02 Å². The van der Waals surface area contributed by atoms with E-state index < -0.39 is 28.7 Å². The topological polar surface area (TPSA) is 151 Å². The summed E-state index contributed by atoms with van der Waals surface area (Å²) in [7, 11) is 1.30. The normalized spacial score (nSPS) is 11.3. The number of hydrogen-bond acceptors (Lipinski definition) is 9. The first-order valence-electron chi connectivity index (χ1n) is 13.5. The van der Waals surface area contributed by atoms with Crippen LogP contribution < -0.4 is 20.3 Å². The van der Waals surface area contributed by atoms with Crippen molar-refractivity contribution in [1.82, 2.24) is 9.66 Å². The molecular formula is C32H21BrClN5O7. The van der Waals surface area contributed by atoms with Crippen molar-refractivity contribution in [3.8, 4) is 23.1 Å². The summed E-state index contributed by atoms with van der Waals surface area (Å²) in [5, 5.41) is 20.7. The van der Waals surface area contributed by atoms with Gasteiger partial charge in [-0.15, -0.1) is 0 Å². The number of amides is 1. The maximum Gasteiger partial charge on any atom is 0.315 e. The Labute approximate surface area is 273 Å². The monoisotopic (exact) mass is 701 g/mol. The van der Waals surface area contributed by atoms with E-state index in [2.05, 4.69) is 31.3 Å². The number of ether oxygens (including phenoxy) is 2. The molecule has 6 aromatic rings. The van der Waals surface area contributed by atoms with E-state index in [9.17, 15) is 19.7 Å². The molecule has 2 heterocycles. The van der Waals surface area contributed by atoms with Gasteiger partial charge >= 0.3 is 5.69 Å². The number of fused-ring (bicyclic) bond motifs is 2. The molecule has 6 rings (SSSR count). The van der Waals surface area contributed by atoms with Crippen LogP contribution >= 0.6 is 27.5 Å². The lowest BCUT2D eigenvalue weighted by atomic mass is 10.2. The van der Waals surface area contributed by atoms with Crippen molar-refractivity contribution in [2.45, 2.75) is 0 Å². The third-order valence-electron chi connectivity index (χ3n) is 6.72. The summed E-state index contributed by atoms with van der Waals surface area (Å²) in [4.78, 5) is 42.1. The molecule has 0 bridgehead atoms. The fourth-order valence-corrected chi connectivity index (χ4v) is 5.13. The maximum atomic E-state index is 13.6. The van der Waals surface area contributed by atoms with Gasteiger partial charge in [0, 0.05) is 32.2 Å². The van der Waals surface area contributed by atoms with E-state index in [1.165, 1.54) is 25.5 Å². The Kier molecular flexibility index (Phi) is 8.51. The zero-order valence-corrected chi connectivity index (χ0v) is 26.1. The number of hydrogen-bond donors (Lipinski definition) is 1. The summed E-state index contributed by atoms with van der Waals surface area (Å²) >= 11 is 9.32. The Morgan fingerprint density at radius 3 is 2.67 bits per heavy atom. The highest BCUT2D eigenvalue weighted by atomic mass is 79.9. The summed E-state index contributed by atoms with van der Waals surface area (Å²) in [6, 6.07) is 23.1. The number of nitrogens with zero attached hydrogens (tertiary/aromatic N) is 4. The van der Waals surface area contributed by atoms with E-state index in [0.29, 0.717) is 27.2 Å². The second-order valence-electron chi connectivity index (χ2n) is 9.78. The summed E-state index contributed by atoms with van der Waals surface area (Å²) in [5.74, 6) is -0.424. The number of furan rings is 1. The second kappa shape index (κ2) is 12.8. The van der Waals surface area contributed by atoms with Gasteiger partial charge in [0.15, 0.2) is 18.1 Å². The minimum Gasteiger partial charge on any atom is -0.493 e. The first-order chi connectivity index (χ1) is 22.2. The van der Waals surface area contributed by atoms with E-state index in [4.69, 9.17) is 25.5 Å². The average Bonchev–Trinajstić information content (AvgIpc) is 3.47. The molecule has 0 fully saturated rings. The number of nitro groups is 1. The zero-order valence-electron chi connectivity index (χ0n) is 23.8. The minimum atomic E-state index is -0.673. The molecule has 0 atom stereocenters. The molecule has 2 aromatic heterocycles. The average molecular weight is 703 g/mol. The summed E-state index contributed by atoms with van der Waals surface area (Å²) in [5.41, 5.74) is 0.739. The van der Waals surface area contributed by atoms with E-state index in [1.807, 2.05) is 12.1 Å². The molecular weight excluding hydrogens is 682 g/mol. The van der Waals surface area contributed by atoms with E-state index in [1.54, 1.807) is 60.7 Å². The predicted octanol–water partition coefficient (Wildman–Crippen LogP) is 7.04. The summed E-state index contributed by atoms with van der Waals surface area (Å²) in [6.45, 7) is -0.539. The van der Waals surface area contributed by atoms with Crippen molar-refractivity contribution in [3.63, 3.8) is 0 Å². The number of aromatic nitrogens is 2. The number of carbonyl (C=O) groups excluding carboxylic acids is 1. The molecule has 0 aliphatic rings. The van der Waals surface area contributed by atoms with Crippen molar-refractivity contribution < 1.29 is 23.6 Å². The Balaban J connectivity index is 1.36. The lowest BCUT2D eigenvalue weighted by Crippen LogP contribution is -2.21. The minimum absolute atomic E-state index is 0.0259. The van der Waals surface area contributed by atoms with Gasteiger partial charge in [0.25, 0.3) is 11.5 Å². The van der Waals surface area contributed by atoms with Crippen LogP contribution in [0.15, 0.2) is 104 Å². The molecule has 230 valence electrons. The fraction of sp³-hybridized carbons (Fsp3) is 0.0625. The number of rotatable bonds is 9. The van der Waals surface area contributed by atoms with Crippen LogP contribution in [-0.2, 0) is 4.79 Å². The molecule has 12 nitrogen and oxygen atoms in total. The van der Waals surface area contributed by atoms with Gasteiger partial charge in [-0.25, -0.2) is 4.98 Å². The second-order valence-corrected chi connectivity index (χ2v) is 11.1. The number of benzene rings is 4. The Hall–Kier alpha value is -5.53. The Morgan fingerprint density at radius 2 is 1.91 bits per heavy atom. The zero-order chi connectivity index (χ0) is 32.4. The van der Waals surface area contributed by atoms with Crippen LogP contribution in [0.3, 0.4) is 0 Å². The summed E-state index contributed by atoms with van der Waals surface area (Å²) < 4.78 is 18.9. The van der Waals surface area contributed by atoms with Crippen molar-refractivity contribution in [2.75, 3.05) is 19.0 Å². The van der Waals surface area contributed by atoms with Crippen LogP contribution in [0.25, 0.3) is 33.5 Å². The number of anilines is 1. The van der Waals surface area contributed by atoms with Gasteiger partial charge in [-0.05, 0) is 66.7 Å². The molecule has 1 amide bonds. The molecule has 0 unspecified atom stereocenters. The lowest BCUT2D eigenvalue weighted by molar-refractivity contribution is -0.385. The van der Waals surface area contributed by atoms with E-state index >= 15 is 0 Å². The lowest BCUT2D eigenvalue weighted by Gasteiger charge is -2.12. The number of nitrogens with one attached hydrogen (secondary N) is 1. The van der Waals surface area contributed by atoms with Gasteiger partial charge in [-0.2, -0.15) is 9.78 Å². The van der Waals surface area contributed by atoms with Gasteiger partial charge in [-0.1, -0.05) is 39.7 Å². The number of carbonyl (C=O) groups is 1. The van der Waals surface area contributed by atoms with Crippen LogP contribution in [0, 0.1) is 10.1 Å². The molecule has 0 radical (unpaired) electrons. The standard InChI is InChI=1S/C32H21BrClN5O7/c1-44-27-13-18(12-25(39(42)43)30(27)45-17-29(40)36-22-9-7-21(34)8-10-22)16-35-38-31(37-24-5-3-2-4-23(24)32(38)41)28-15-19-14-20(33)6-11-26(19)46-28/h2-16H,17H2,1H3,(H,36,40). The molecule has 0 aliphatic heterocycles. The number of para-hydroxylation sites is 1. The largest absolute Gasteiger partial charge is 0.493 e. The molecule has 0 saturated heterocycles. The van der Waals surface area contributed by atoms with Gasteiger partial charge in [0.05, 0.1) is 29.2 Å². The highest BCUT2D eigenvalue weighted by Crippen LogP contribution is 2.38.